The summed E-state index contributed by atoms with van der Waals surface area (Å²) in [5.74, 6) is 0. The fourth-order valence-electron chi connectivity index (χ4n) is 1.91. The Balaban J connectivity index is 2.96. The molecule has 7 heteroatoms. The van der Waals surface area contributed by atoms with Gasteiger partial charge in [-0.15, -0.1) is 0 Å². The summed E-state index contributed by atoms with van der Waals surface area (Å²) in [6, 6.07) is 3.95. The molecule has 1 atom stereocenters. The molecule has 0 fully saturated rings. The van der Waals surface area contributed by atoms with E-state index in [1.54, 1.807) is 18.0 Å². The minimum absolute atomic E-state index is 0.0482. The zero-order valence-corrected chi connectivity index (χ0v) is 11.4. The zero-order chi connectivity index (χ0) is 15.3. The summed E-state index contributed by atoms with van der Waals surface area (Å²) in [5.41, 5.74) is 4.99. The molecule has 0 aliphatic heterocycles. The van der Waals surface area contributed by atoms with E-state index in [9.17, 15) is 18.3 Å². The van der Waals surface area contributed by atoms with Crippen LogP contribution in [0.5, 0.6) is 0 Å². The number of benzene rings is 1. The van der Waals surface area contributed by atoms with Gasteiger partial charge in [0.2, 0.25) is 0 Å². The highest BCUT2D eigenvalue weighted by molar-refractivity contribution is 5.51. The Morgan fingerprint density at radius 1 is 1.40 bits per heavy atom. The molecule has 0 spiro atoms. The van der Waals surface area contributed by atoms with Gasteiger partial charge in [0.05, 0.1) is 18.3 Å². The van der Waals surface area contributed by atoms with Crippen molar-refractivity contribution in [1.29, 1.82) is 0 Å². The van der Waals surface area contributed by atoms with Crippen LogP contribution in [0.25, 0.3) is 0 Å². The Bertz CT molecular complexity index is 438. The second-order valence-corrected chi connectivity index (χ2v) is 4.53. The van der Waals surface area contributed by atoms with Gasteiger partial charge in [-0.05, 0) is 17.7 Å². The Morgan fingerprint density at radius 3 is 2.55 bits per heavy atom. The molecule has 1 aromatic rings. The number of alkyl halides is 3. The Kier molecular flexibility index (Phi) is 5.79. The van der Waals surface area contributed by atoms with E-state index in [-0.39, 0.29) is 25.3 Å². The molecule has 0 heterocycles. The van der Waals surface area contributed by atoms with Gasteiger partial charge in [0, 0.05) is 32.9 Å². The third-order valence-electron chi connectivity index (χ3n) is 2.90. The predicted octanol–water partition coefficient (Wildman–Crippen LogP) is 1.61. The van der Waals surface area contributed by atoms with E-state index in [0.717, 1.165) is 6.07 Å². The number of aliphatic hydroxyl groups excluding tert-OH is 1. The number of hydrogen-bond acceptors (Lipinski definition) is 4. The summed E-state index contributed by atoms with van der Waals surface area (Å²) in [6.45, 7) is 0.121. The first-order valence-corrected chi connectivity index (χ1v) is 6.08. The molecule has 0 bridgehead atoms. The summed E-state index contributed by atoms with van der Waals surface area (Å²) in [7, 11) is 3.05. The number of hydrogen-bond donors (Lipinski definition) is 2. The molecule has 1 aromatic carbocycles. The van der Waals surface area contributed by atoms with Crippen LogP contribution in [-0.2, 0) is 17.5 Å². The highest BCUT2D eigenvalue weighted by atomic mass is 19.4. The number of likely N-dealkylation sites (N-methyl/N-ethyl adjacent to an activating group) is 1. The first kappa shape index (κ1) is 16.7. The molecular weight excluding hydrogens is 273 g/mol. The molecule has 0 aliphatic carbocycles. The predicted molar refractivity (Wildman–Crippen MR) is 70.5 cm³/mol. The molecule has 4 nitrogen and oxygen atoms in total. The van der Waals surface area contributed by atoms with Crippen LogP contribution in [0.1, 0.15) is 11.1 Å². The number of rotatable bonds is 6. The van der Waals surface area contributed by atoms with E-state index >= 15 is 0 Å². The largest absolute Gasteiger partial charge is 0.416 e. The smallest absolute Gasteiger partial charge is 0.389 e. The van der Waals surface area contributed by atoms with Crippen LogP contribution in [0.15, 0.2) is 18.2 Å². The lowest BCUT2D eigenvalue weighted by Gasteiger charge is -2.24. The monoisotopic (exact) mass is 292 g/mol. The van der Waals surface area contributed by atoms with Crippen LogP contribution >= 0.6 is 0 Å². The van der Waals surface area contributed by atoms with Gasteiger partial charge < -0.3 is 20.5 Å². The lowest BCUT2D eigenvalue weighted by Crippen LogP contribution is -2.32. The normalized spacial score (nSPS) is 13.3. The quantitative estimate of drug-likeness (QED) is 0.836. The standard InChI is InChI=1S/C13H19F3N2O2/c1-18(7-11(19)8-20-2)10-4-3-9(6-17)12(5-10)13(14,15)16/h3-5,11,19H,6-8,17H2,1-2H3. The third-order valence-corrected chi connectivity index (χ3v) is 2.90. The van der Waals surface area contributed by atoms with Crippen molar-refractivity contribution in [2.75, 3.05) is 32.2 Å². The fraction of sp³-hybridized carbons (Fsp3) is 0.538. The van der Waals surface area contributed by atoms with E-state index in [1.807, 2.05) is 0 Å². The lowest BCUT2D eigenvalue weighted by atomic mass is 10.1. The van der Waals surface area contributed by atoms with Crippen LogP contribution < -0.4 is 10.6 Å². The van der Waals surface area contributed by atoms with Gasteiger partial charge in [0.15, 0.2) is 0 Å². The number of aliphatic hydroxyl groups is 1. The molecule has 1 rings (SSSR count). The summed E-state index contributed by atoms with van der Waals surface area (Å²) >= 11 is 0. The van der Waals surface area contributed by atoms with Gasteiger partial charge in [-0.25, -0.2) is 0 Å². The second-order valence-electron chi connectivity index (χ2n) is 4.53. The van der Waals surface area contributed by atoms with Gasteiger partial charge in [0.1, 0.15) is 0 Å². The molecule has 0 aromatic heterocycles. The second kappa shape index (κ2) is 6.92. The van der Waals surface area contributed by atoms with E-state index in [2.05, 4.69) is 0 Å². The first-order chi connectivity index (χ1) is 9.29. The highest BCUT2D eigenvalue weighted by Gasteiger charge is 2.33. The molecule has 0 saturated heterocycles. The zero-order valence-electron chi connectivity index (χ0n) is 11.4. The maximum Gasteiger partial charge on any atom is 0.416 e. The number of nitrogens with two attached hydrogens (primary N) is 1. The molecule has 1 unspecified atom stereocenters. The molecule has 20 heavy (non-hydrogen) atoms. The minimum Gasteiger partial charge on any atom is -0.389 e. The molecule has 0 aliphatic rings. The van der Waals surface area contributed by atoms with Crippen molar-refractivity contribution < 1.29 is 23.0 Å². The summed E-state index contributed by atoms with van der Waals surface area (Å²) < 4.78 is 43.5. The van der Waals surface area contributed by atoms with Crippen LogP contribution in [0, 0.1) is 0 Å². The van der Waals surface area contributed by atoms with E-state index in [0.29, 0.717) is 5.69 Å². The van der Waals surface area contributed by atoms with Gasteiger partial charge in [-0.2, -0.15) is 13.2 Å². The van der Waals surface area contributed by atoms with Crippen molar-refractivity contribution in [3.63, 3.8) is 0 Å². The van der Waals surface area contributed by atoms with Crippen molar-refractivity contribution >= 4 is 5.69 Å². The topological polar surface area (TPSA) is 58.7 Å². The van der Waals surface area contributed by atoms with Gasteiger partial charge in [-0.3, -0.25) is 0 Å². The minimum atomic E-state index is -4.45. The summed E-state index contributed by atoms with van der Waals surface area (Å²) in [5, 5.41) is 9.60. The van der Waals surface area contributed by atoms with Gasteiger partial charge >= 0.3 is 6.18 Å². The Labute approximate surface area is 115 Å². The van der Waals surface area contributed by atoms with Crippen LogP contribution in [0.2, 0.25) is 0 Å². The maximum atomic E-state index is 12.9. The van der Waals surface area contributed by atoms with Crippen LogP contribution in [0.4, 0.5) is 18.9 Å². The van der Waals surface area contributed by atoms with Gasteiger partial charge in [-0.1, -0.05) is 6.07 Å². The van der Waals surface area contributed by atoms with E-state index in [4.69, 9.17) is 10.5 Å². The molecule has 0 saturated carbocycles. The van der Waals surface area contributed by atoms with Crippen molar-refractivity contribution in [2.45, 2.75) is 18.8 Å². The lowest BCUT2D eigenvalue weighted by molar-refractivity contribution is -0.138. The average Bonchev–Trinajstić information content (AvgIpc) is 2.37. The summed E-state index contributed by atoms with van der Waals surface area (Å²) in [6.07, 6.45) is -5.22. The van der Waals surface area contributed by atoms with Crippen molar-refractivity contribution in [1.82, 2.24) is 0 Å². The Morgan fingerprint density at radius 2 is 2.05 bits per heavy atom. The van der Waals surface area contributed by atoms with Crippen LogP contribution in [0.3, 0.4) is 0 Å². The number of halogens is 3. The van der Waals surface area contributed by atoms with Gasteiger partial charge in [0.25, 0.3) is 0 Å². The third kappa shape index (κ3) is 4.36. The number of nitrogens with zero attached hydrogens (tertiary/aromatic N) is 1. The van der Waals surface area contributed by atoms with E-state index < -0.39 is 17.8 Å². The molecule has 114 valence electrons. The Hall–Kier alpha value is -1.31. The highest BCUT2D eigenvalue weighted by Crippen LogP contribution is 2.34. The average molecular weight is 292 g/mol. The molecule has 3 N–H and O–H groups in total. The van der Waals surface area contributed by atoms with E-state index in [1.165, 1.54) is 13.2 Å². The summed E-state index contributed by atoms with van der Waals surface area (Å²) in [4.78, 5) is 1.54. The van der Waals surface area contributed by atoms with Crippen molar-refractivity contribution in [3.05, 3.63) is 29.3 Å². The van der Waals surface area contributed by atoms with Crippen molar-refractivity contribution in [2.24, 2.45) is 5.73 Å². The van der Waals surface area contributed by atoms with Crippen LogP contribution in [-0.4, -0.2) is 38.5 Å². The number of anilines is 1. The SMILES string of the molecule is COCC(O)CN(C)c1ccc(CN)c(C(F)(F)F)c1. The molecule has 0 amide bonds. The number of ether oxygens (including phenoxy) is 1. The fourth-order valence-corrected chi connectivity index (χ4v) is 1.91. The molecule has 0 radical (unpaired) electrons. The number of methoxy groups -OCH3 is 1. The first-order valence-electron chi connectivity index (χ1n) is 6.08. The molecular formula is C13H19F3N2O2. The maximum absolute atomic E-state index is 12.9. The van der Waals surface area contributed by atoms with Crippen molar-refractivity contribution in [3.8, 4) is 0 Å².